The Morgan fingerprint density at radius 2 is 2.18 bits per heavy atom. The minimum atomic E-state index is -0.222. The second-order valence-electron chi connectivity index (χ2n) is 4.16. The molecule has 3 heteroatoms. The van der Waals surface area contributed by atoms with E-state index in [2.05, 4.69) is 18.3 Å². The summed E-state index contributed by atoms with van der Waals surface area (Å²) in [5.74, 6) is 0. The zero-order valence-corrected chi connectivity index (χ0v) is 10.2. The zero-order chi connectivity index (χ0) is 12.5. The van der Waals surface area contributed by atoms with Crippen LogP contribution in [0, 0.1) is 11.3 Å². The highest BCUT2D eigenvalue weighted by Crippen LogP contribution is 2.13. The number of benzene rings is 1. The lowest BCUT2D eigenvalue weighted by atomic mass is 10.1. The van der Waals surface area contributed by atoms with E-state index in [-0.39, 0.29) is 12.7 Å². The van der Waals surface area contributed by atoms with Crippen molar-refractivity contribution in [3.05, 3.63) is 35.4 Å². The number of rotatable bonds is 7. The summed E-state index contributed by atoms with van der Waals surface area (Å²) >= 11 is 0. The summed E-state index contributed by atoms with van der Waals surface area (Å²) in [6.45, 7) is 2.74. The first-order chi connectivity index (χ1) is 8.27. The molecule has 0 aromatic heterocycles. The number of unbranched alkanes of at least 4 members (excludes halogenated alkanes) is 2. The summed E-state index contributed by atoms with van der Waals surface area (Å²) in [5, 5.41) is 12.2. The molecule has 2 nitrogen and oxygen atoms in total. The molecule has 0 unspecified atom stereocenters. The zero-order valence-electron chi connectivity index (χ0n) is 10.2. The lowest BCUT2D eigenvalue weighted by Crippen LogP contribution is -2.19. The average Bonchev–Trinajstić information content (AvgIpc) is 2.38. The first-order valence-corrected chi connectivity index (χ1v) is 6.07. The van der Waals surface area contributed by atoms with Crippen LogP contribution in [0.25, 0.3) is 0 Å². The molecule has 0 saturated heterocycles. The van der Waals surface area contributed by atoms with Gasteiger partial charge in [0, 0.05) is 6.04 Å². The largest absolute Gasteiger partial charge is 0.310 e. The molecule has 0 aliphatic rings. The number of hydrogen-bond donors (Lipinski definition) is 1. The van der Waals surface area contributed by atoms with Gasteiger partial charge in [0.1, 0.15) is 0 Å². The maximum absolute atomic E-state index is 11.9. The van der Waals surface area contributed by atoms with Crippen LogP contribution in [-0.2, 0) is 0 Å². The first-order valence-electron chi connectivity index (χ1n) is 6.07. The second kappa shape index (κ2) is 7.81. The van der Waals surface area contributed by atoms with E-state index in [0.717, 1.165) is 24.9 Å². The Kier molecular flexibility index (Phi) is 6.27. The SMILES string of the molecule is C[C@H](NCCCCCF)c1cccc(C#N)c1. The van der Waals surface area contributed by atoms with Gasteiger partial charge < -0.3 is 5.32 Å². The molecule has 0 aliphatic heterocycles. The quantitative estimate of drug-likeness (QED) is 0.734. The number of nitrogens with one attached hydrogen (secondary N) is 1. The van der Waals surface area contributed by atoms with Gasteiger partial charge in [0.2, 0.25) is 0 Å². The molecule has 0 saturated carbocycles. The van der Waals surface area contributed by atoms with Gasteiger partial charge in [-0.25, -0.2) is 0 Å². The van der Waals surface area contributed by atoms with Crippen LogP contribution < -0.4 is 5.32 Å². The van der Waals surface area contributed by atoms with Crippen molar-refractivity contribution in [1.82, 2.24) is 5.32 Å². The van der Waals surface area contributed by atoms with Crippen LogP contribution in [0.3, 0.4) is 0 Å². The molecule has 17 heavy (non-hydrogen) atoms. The first kappa shape index (κ1) is 13.7. The highest BCUT2D eigenvalue weighted by molar-refractivity contribution is 5.33. The maximum Gasteiger partial charge on any atom is 0.0991 e. The van der Waals surface area contributed by atoms with Crippen molar-refractivity contribution in [2.75, 3.05) is 13.2 Å². The topological polar surface area (TPSA) is 35.8 Å². The van der Waals surface area contributed by atoms with Gasteiger partial charge in [-0.15, -0.1) is 0 Å². The fourth-order valence-corrected chi connectivity index (χ4v) is 1.71. The molecular weight excluding hydrogens is 215 g/mol. The van der Waals surface area contributed by atoms with Crippen LogP contribution in [0.5, 0.6) is 0 Å². The van der Waals surface area contributed by atoms with E-state index in [4.69, 9.17) is 5.26 Å². The minimum Gasteiger partial charge on any atom is -0.310 e. The van der Waals surface area contributed by atoms with Crippen LogP contribution in [-0.4, -0.2) is 13.2 Å². The molecule has 0 radical (unpaired) electrons. The molecule has 1 N–H and O–H groups in total. The molecule has 0 spiro atoms. The Labute approximate surface area is 102 Å². The van der Waals surface area contributed by atoms with Crippen molar-refractivity contribution in [3.8, 4) is 6.07 Å². The highest BCUT2D eigenvalue weighted by atomic mass is 19.1. The molecule has 0 heterocycles. The van der Waals surface area contributed by atoms with Gasteiger partial charge in [-0.05, 0) is 50.4 Å². The fourth-order valence-electron chi connectivity index (χ4n) is 1.71. The van der Waals surface area contributed by atoms with Crippen molar-refractivity contribution < 1.29 is 4.39 Å². The summed E-state index contributed by atoms with van der Waals surface area (Å²) in [7, 11) is 0. The van der Waals surface area contributed by atoms with Crippen LogP contribution in [0.1, 0.15) is 43.4 Å². The van der Waals surface area contributed by atoms with Crippen molar-refractivity contribution in [2.24, 2.45) is 0 Å². The third-order valence-electron chi connectivity index (χ3n) is 2.78. The van der Waals surface area contributed by atoms with Gasteiger partial charge in [-0.1, -0.05) is 12.1 Å². The summed E-state index contributed by atoms with van der Waals surface area (Å²) < 4.78 is 11.9. The van der Waals surface area contributed by atoms with Gasteiger partial charge in [0.25, 0.3) is 0 Å². The molecule has 1 rings (SSSR count). The second-order valence-corrected chi connectivity index (χ2v) is 4.16. The van der Waals surface area contributed by atoms with E-state index >= 15 is 0 Å². The molecule has 0 aliphatic carbocycles. The number of nitriles is 1. The van der Waals surface area contributed by atoms with E-state index in [0.29, 0.717) is 12.0 Å². The lowest BCUT2D eigenvalue weighted by molar-refractivity contribution is 0.447. The smallest absolute Gasteiger partial charge is 0.0991 e. The maximum atomic E-state index is 11.9. The predicted molar refractivity (Wildman–Crippen MR) is 67.4 cm³/mol. The van der Waals surface area contributed by atoms with Gasteiger partial charge in [0.05, 0.1) is 18.3 Å². The Morgan fingerprint density at radius 1 is 1.35 bits per heavy atom. The third kappa shape index (κ3) is 4.97. The number of halogens is 1. The standard InChI is InChI=1S/C14H19FN2/c1-12(17-9-4-2-3-8-15)14-7-5-6-13(10-14)11-16/h5-7,10,12,17H,2-4,8-9H2,1H3/t12-/m0/s1. The molecule has 0 amide bonds. The monoisotopic (exact) mass is 234 g/mol. The molecule has 0 fully saturated rings. The number of hydrogen-bond acceptors (Lipinski definition) is 2. The van der Waals surface area contributed by atoms with Crippen LogP contribution in [0.2, 0.25) is 0 Å². The summed E-state index contributed by atoms with van der Waals surface area (Å²) in [6.07, 6.45) is 2.57. The molecule has 1 aromatic rings. The fraction of sp³-hybridized carbons (Fsp3) is 0.500. The van der Waals surface area contributed by atoms with Gasteiger partial charge in [0.15, 0.2) is 0 Å². The predicted octanol–water partition coefficient (Wildman–Crippen LogP) is 3.35. The minimum absolute atomic E-state index is 0.222. The molecular formula is C14H19FN2. The molecule has 1 aromatic carbocycles. The summed E-state index contributed by atoms with van der Waals surface area (Å²) in [4.78, 5) is 0. The van der Waals surface area contributed by atoms with E-state index in [1.807, 2.05) is 18.2 Å². The van der Waals surface area contributed by atoms with E-state index in [9.17, 15) is 4.39 Å². The van der Waals surface area contributed by atoms with Crippen molar-refractivity contribution in [1.29, 1.82) is 5.26 Å². The highest BCUT2D eigenvalue weighted by Gasteiger charge is 2.04. The summed E-state index contributed by atoms with van der Waals surface area (Å²) in [6, 6.07) is 9.98. The normalized spacial score (nSPS) is 12.1. The van der Waals surface area contributed by atoms with Gasteiger partial charge >= 0.3 is 0 Å². The van der Waals surface area contributed by atoms with Crippen molar-refractivity contribution in [2.45, 2.75) is 32.2 Å². The third-order valence-corrected chi connectivity index (χ3v) is 2.78. The van der Waals surface area contributed by atoms with Crippen molar-refractivity contribution >= 4 is 0 Å². The molecule has 0 bridgehead atoms. The molecule has 1 atom stereocenters. The Balaban J connectivity index is 2.36. The van der Waals surface area contributed by atoms with Crippen LogP contribution in [0.4, 0.5) is 4.39 Å². The Morgan fingerprint density at radius 3 is 2.88 bits per heavy atom. The van der Waals surface area contributed by atoms with Gasteiger partial charge in [-0.2, -0.15) is 5.26 Å². The number of nitrogens with zero attached hydrogens (tertiary/aromatic N) is 1. The average molecular weight is 234 g/mol. The van der Waals surface area contributed by atoms with E-state index in [1.165, 1.54) is 0 Å². The van der Waals surface area contributed by atoms with Crippen molar-refractivity contribution in [3.63, 3.8) is 0 Å². The number of alkyl halides is 1. The lowest BCUT2D eigenvalue weighted by Gasteiger charge is -2.14. The van der Waals surface area contributed by atoms with Gasteiger partial charge in [-0.3, -0.25) is 4.39 Å². The molecule has 92 valence electrons. The van der Waals surface area contributed by atoms with E-state index in [1.54, 1.807) is 6.07 Å². The van der Waals surface area contributed by atoms with Crippen LogP contribution >= 0.6 is 0 Å². The Hall–Kier alpha value is -1.40. The van der Waals surface area contributed by atoms with E-state index < -0.39 is 0 Å². The van der Waals surface area contributed by atoms with Crippen LogP contribution in [0.15, 0.2) is 24.3 Å². The Bertz CT molecular complexity index is 371. The summed E-state index contributed by atoms with van der Waals surface area (Å²) in [5.41, 5.74) is 1.81.